The highest BCUT2D eigenvalue weighted by molar-refractivity contribution is 9.11. The second-order valence-corrected chi connectivity index (χ2v) is 7.25. The number of rotatable bonds is 3. The first kappa shape index (κ1) is 13.5. The zero-order chi connectivity index (χ0) is 13.1. The molecular weight excluding hydrogens is 332 g/mol. The Balaban J connectivity index is 2.00. The van der Waals surface area contributed by atoms with Gasteiger partial charge in [0.2, 0.25) is 0 Å². The van der Waals surface area contributed by atoms with Crippen molar-refractivity contribution >= 4 is 50.7 Å². The third-order valence-corrected chi connectivity index (χ3v) is 5.05. The minimum Gasteiger partial charge on any atom is -0.267 e. The van der Waals surface area contributed by atoms with Gasteiger partial charge < -0.3 is 0 Å². The van der Waals surface area contributed by atoms with Crippen molar-refractivity contribution in [1.29, 1.82) is 0 Å². The van der Waals surface area contributed by atoms with Crippen molar-refractivity contribution in [2.45, 2.75) is 13.8 Å². The first-order valence-electron chi connectivity index (χ1n) is 5.21. The van der Waals surface area contributed by atoms with E-state index < -0.39 is 0 Å². The van der Waals surface area contributed by atoms with Gasteiger partial charge in [0.25, 0.3) is 5.91 Å². The number of hydrogen-bond acceptors (Lipinski definition) is 4. The average Bonchev–Trinajstić information content (AvgIpc) is 2.87. The van der Waals surface area contributed by atoms with Crippen molar-refractivity contribution in [3.8, 4) is 0 Å². The second kappa shape index (κ2) is 5.77. The molecule has 0 saturated carbocycles. The first-order chi connectivity index (χ1) is 8.58. The molecule has 0 aliphatic carbocycles. The van der Waals surface area contributed by atoms with Crippen LogP contribution in [-0.4, -0.2) is 12.1 Å². The lowest BCUT2D eigenvalue weighted by atomic mass is 10.2. The van der Waals surface area contributed by atoms with E-state index in [1.807, 2.05) is 31.4 Å². The van der Waals surface area contributed by atoms with E-state index in [2.05, 4.69) is 26.5 Å². The van der Waals surface area contributed by atoms with Crippen molar-refractivity contribution in [3.05, 3.63) is 42.2 Å². The quantitative estimate of drug-likeness (QED) is 0.665. The molecule has 0 bridgehead atoms. The van der Waals surface area contributed by atoms with Crippen LogP contribution in [0.15, 0.2) is 26.4 Å². The maximum absolute atomic E-state index is 11.9. The van der Waals surface area contributed by atoms with E-state index in [0.717, 1.165) is 19.1 Å². The van der Waals surface area contributed by atoms with Gasteiger partial charge in [0, 0.05) is 15.1 Å². The van der Waals surface area contributed by atoms with Gasteiger partial charge in [-0.05, 0) is 47.5 Å². The molecule has 18 heavy (non-hydrogen) atoms. The van der Waals surface area contributed by atoms with Crippen LogP contribution in [0.4, 0.5) is 0 Å². The highest BCUT2D eigenvalue weighted by Crippen LogP contribution is 2.21. The number of carbonyl (C=O) groups excluding carboxylic acids is 1. The van der Waals surface area contributed by atoms with Crippen LogP contribution in [-0.2, 0) is 0 Å². The highest BCUT2D eigenvalue weighted by atomic mass is 79.9. The van der Waals surface area contributed by atoms with E-state index in [-0.39, 0.29) is 5.91 Å². The maximum atomic E-state index is 11.9. The molecule has 94 valence electrons. The summed E-state index contributed by atoms with van der Waals surface area (Å²) in [6, 6.07) is 3.88. The molecule has 0 aliphatic heterocycles. The highest BCUT2D eigenvalue weighted by Gasteiger charge is 2.11. The molecule has 3 nitrogen and oxygen atoms in total. The number of nitrogens with zero attached hydrogens (tertiary/aromatic N) is 1. The van der Waals surface area contributed by atoms with Crippen LogP contribution in [0, 0.1) is 13.8 Å². The van der Waals surface area contributed by atoms with Crippen molar-refractivity contribution in [2.24, 2.45) is 5.10 Å². The summed E-state index contributed by atoms with van der Waals surface area (Å²) in [5, 5.41) is 5.81. The van der Waals surface area contributed by atoms with Crippen LogP contribution in [0.5, 0.6) is 0 Å². The molecule has 2 aromatic heterocycles. The zero-order valence-electron chi connectivity index (χ0n) is 9.86. The van der Waals surface area contributed by atoms with Crippen LogP contribution in [0.1, 0.15) is 25.7 Å². The van der Waals surface area contributed by atoms with Gasteiger partial charge in [-0.2, -0.15) is 5.10 Å². The zero-order valence-corrected chi connectivity index (χ0v) is 13.1. The average molecular weight is 343 g/mol. The molecular formula is C12H11BrN2OS2. The van der Waals surface area contributed by atoms with Gasteiger partial charge >= 0.3 is 0 Å². The lowest BCUT2D eigenvalue weighted by Crippen LogP contribution is -2.17. The minimum absolute atomic E-state index is 0.163. The van der Waals surface area contributed by atoms with Gasteiger partial charge in [-0.3, -0.25) is 4.79 Å². The van der Waals surface area contributed by atoms with E-state index in [9.17, 15) is 4.79 Å². The Morgan fingerprint density at radius 2 is 2.22 bits per heavy atom. The normalized spacial score (nSPS) is 11.1. The summed E-state index contributed by atoms with van der Waals surface area (Å²) in [4.78, 5) is 14.0. The molecule has 0 unspecified atom stereocenters. The molecule has 0 saturated heterocycles. The molecule has 1 amide bonds. The molecule has 2 heterocycles. The molecule has 2 aromatic rings. The number of carbonyl (C=O) groups is 1. The smallest absolute Gasteiger partial charge is 0.267 e. The Morgan fingerprint density at radius 3 is 2.78 bits per heavy atom. The molecule has 0 spiro atoms. The predicted octanol–water partition coefficient (Wildman–Crippen LogP) is 3.95. The van der Waals surface area contributed by atoms with Crippen molar-refractivity contribution in [2.75, 3.05) is 0 Å². The summed E-state index contributed by atoms with van der Waals surface area (Å²) >= 11 is 6.51. The number of hydrazone groups is 1. The molecule has 0 aliphatic rings. The van der Waals surface area contributed by atoms with E-state index in [1.165, 1.54) is 0 Å². The van der Waals surface area contributed by atoms with Crippen LogP contribution in [0.25, 0.3) is 0 Å². The van der Waals surface area contributed by atoms with Crippen LogP contribution < -0.4 is 5.43 Å². The lowest BCUT2D eigenvalue weighted by Gasteiger charge is -1.98. The Labute approximate surface area is 122 Å². The fraction of sp³-hybridized carbons (Fsp3) is 0.167. The minimum atomic E-state index is -0.163. The van der Waals surface area contributed by atoms with E-state index in [1.54, 1.807) is 28.9 Å². The Morgan fingerprint density at radius 1 is 1.44 bits per heavy atom. The van der Waals surface area contributed by atoms with Crippen LogP contribution >= 0.6 is 38.6 Å². The first-order valence-corrected chi connectivity index (χ1v) is 7.70. The molecule has 0 aromatic carbocycles. The third kappa shape index (κ3) is 3.07. The Bertz CT molecular complexity index is 601. The topological polar surface area (TPSA) is 41.5 Å². The SMILES string of the molecule is Cc1scc(C(=O)NN=Cc2ccc(Br)s2)c1C. The maximum Gasteiger partial charge on any atom is 0.272 e. The lowest BCUT2D eigenvalue weighted by molar-refractivity contribution is 0.0955. The summed E-state index contributed by atoms with van der Waals surface area (Å²) in [5.74, 6) is -0.163. The summed E-state index contributed by atoms with van der Waals surface area (Å²) in [6.45, 7) is 3.95. The van der Waals surface area contributed by atoms with Crippen LogP contribution in [0.3, 0.4) is 0 Å². The predicted molar refractivity (Wildman–Crippen MR) is 80.9 cm³/mol. The van der Waals surface area contributed by atoms with Gasteiger partial charge in [-0.25, -0.2) is 5.43 Å². The molecule has 0 fully saturated rings. The van der Waals surface area contributed by atoms with Gasteiger partial charge in [0.05, 0.1) is 15.6 Å². The second-order valence-electron chi connectivity index (χ2n) is 3.67. The standard InChI is InChI=1S/C12H11BrN2OS2/c1-7-8(2)17-6-10(7)12(16)15-14-5-9-3-4-11(13)18-9/h3-6H,1-2H3,(H,15,16). The Hall–Kier alpha value is -0.980. The summed E-state index contributed by atoms with van der Waals surface area (Å²) in [6.07, 6.45) is 1.64. The van der Waals surface area contributed by atoms with Crippen molar-refractivity contribution in [1.82, 2.24) is 5.43 Å². The molecule has 2 rings (SSSR count). The van der Waals surface area contributed by atoms with E-state index >= 15 is 0 Å². The Kier molecular flexibility index (Phi) is 4.31. The third-order valence-electron chi connectivity index (χ3n) is 2.48. The molecule has 1 N–H and O–H groups in total. The summed E-state index contributed by atoms with van der Waals surface area (Å²) in [5.41, 5.74) is 4.26. The fourth-order valence-corrected chi connectivity index (χ4v) is 3.51. The van der Waals surface area contributed by atoms with Crippen molar-refractivity contribution in [3.63, 3.8) is 0 Å². The van der Waals surface area contributed by atoms with Gasteiger partial charge in [0.1, 0.15) is 0 Å². The number of nitrogens with one attached hydrogen (secondary N) is 1. The van der Waals surface area contributed by atoms with Gasteiger partial charge in [-0.15, -0.1) is 22.7 Å². The fourth-order valence-electron chi connectivity index (χ4n) is 1.35. The van der Waals surface area contributed by atoms with Gasteiger partial charge in [0.15, 0.2) is 0 Å². The number of amides is 1. The molecule has 0 radical (unpaired) electrons. The number of thiophene rings is 2. The molecule has 0 atom stereocenters. The number of halogens is 1. The monoisotopic (exact) mass is 342 g/mol. The molecule has 6 heteroatoms. The number of hydrogen-bond donors (Lipinski definition) is 1. The van der Waals surface area contributed by atoms with Crippen molar-refractivity contribution < 1.29 is 4.79 Å². The van der Waals surface area contributed by atoms with Crippen LogP contribution in [0.2, 0.25) is 0 Å². The van der Waals surface area contributed by atoms with E-state index in [4.69, 9.17) is 0 Å². The van der Waals surface area contributed by atoms with Gasteiger partial charge in [-0.1, -0.05) is 0 Å². The largest absolute Gasteiger partial charge is 0.272 e. The summed E-state index contributed by atoms with van der Waals surface area (Å²) < 4.78 is 1.04. The number of aryl methyl sites for hydroxylation is 1. The van der Waals surface area contributed by atoms with E-state index in [0.29, 0.717) is 5.56 Å². The summed E-state index contributed by atoms with van der Waals surface area (Å²) in [7, 11) is 0.